The molecule has 1 aliphatic heterocycles. The molecule has 0 unspecified atom stereocenters. The highest BCUT2D eigenvalue weighted by atomic mass is 16.5. The molecule has 2 amide bonds. The first-order valence-corrected chi connectivity index (χ1v) is 10.5. The number of rotatable bonds is 5. The Morgan fingerprint density at radius 3 is 2.72 bits per heavy atom. The topological polar surface area (TPSA) is 57.4 Å². The predicted octanol–water partition coefficient (Wildman–Crippen LogP) is 5.29. The van der Waals surface area contributed by atoms with Crippen molar-refractivity contribution in [2.45, 2.75) is 39.5 Å². The zero-order valence-electron chi connectivity index (χ0n) is 17.3. The van der Waals surface area contributed by atoms with Crippen molar-refractivity contribution in [1.29, 1.82) is 0 Å². The molecule has 3 aromatic rings. The summed E-state index contributed by atoms with van der Waals surface area (Å²) in [5.74, 6) is 0.840. The summed E-state index contributed by atoms with van der Waals surface area (Å²) in [7, 11) is 0. The highest BCUT2D eigenvalue weighted by molar-refractivity contribution is 5.90. The van der Waals surface area contributed by atoms with Crippen molar-refractivity contribution in [2.75, 3.05) is 25.0 Å². The highest BCUT2D eigenvalue weighted by Crippen LogP contribution is 2.27. The molecule has 0 fully saturated rings. The van der Waals surface area contributed by atoms with Crippen LogP contribution in [0, 0.1) is 6.92 Å². The van der Waals surface area contributed by atoms with Crippen LogP contribution in [0.3, 0.4) is 0 Å². The number of hydrogen-bond acceptors (Lipinski definition) is 2. The summed E-state index contributed by atoms with van der Waals surface area (Å²) >= 11 is 0. The van der Waals surface area contributed by atoms with Gasteiger partial charge in [0.25, 0.3) is 0 Å². The molecule has 5 heteroatoms. The molecule has 2 heterocycles. The van der Waals surface area contributed by atoms with Crippen LogP contribution in [0.1, 0.15) is 36.6 Å². The van der Waals surface area contributed by atoms with Gasteiger partial charge in [0.05, 0.1) is 6.61 Å². The number of hydrogen-bond donors (Lipinski definition) is 2. The summed E-state index contributed by atoms with van der Waals surface area (Å²) in [5.41, 5.74) is 5.86. The van der Waals surface area contributed by atoms with Gasteiger partial charge in [-0.15, -0.1) is 0 Å². The van der Waals surface area contributed by atoms with E-state index in [2.05, 4.69) is 42.3 Å². The molecule has 2 aromatic carbocycles. The summed E-state index contributed by atoms with van der Waals surface area (Å²) in [6.07, 6.45) is 3.88. The highest BCUT2D eigenvalue weighted by Gasteiger charge is 2.21. The molecular weight excluding hydrogens is 362 g/mol. The second kappa shape index (κ2) is 8.60. The average molecular weight is 392 g/mol. The number of carbonyl (C=O) groups excluding carboxylic acids is 1. The molecule has 1 aromatic heterocycles. The minimum atomic E-state index is -0.0460. The van der Waals surface area contributed by atoms with Crippen molar-refractivity contribution >= 4 is 22.6 Å². The van der Waals surface area contributed by atoms with E-state index in [1.54, 1.807) is 0 Å². The van der Waals surface area contributed by atoms with Crippen LogP contribution < -0.4 is 10.1 Å². The summed E-state index contributed by atoms with van der Waals surface area (Å²) in [6.45, 7) is 6.42. The number of benzene rings is 2. The van der Waals surface area contributed by atoms with Crippen molar-refractivity contribution in [3.05, 3.63) is 59.3 Å². The van der Waals surface area contributed by atoms with E-state index < -0.39 is 0 Å². The van der Waals surface area contributed by atoms with Crippen molar-refractivity contribution in [2.24, 2.45) is 0 Å². The number of aryl methyl sites for hydroxylation is 1. The Morgan fingerprint density at radius 1 is 1.14 bits per heavy atom. The van der Waals surface area contributed by atoms with E-state index in [-0.39, 0.29) is 6.03 Å². The maximum absolute atomic E-state index is 12.8. The molecule has 4 rings (SSSR count). The number of H-pyrrole nitrogens is 1. The number of amides is 2. The molecule has 29 heavy (non-hydrogen) atoms. The lowest BCUT2D eigenvalue weighted by Crippen LogP contribution is -2.36. The third kappa shape index (κ3) is 4.39. The smallest absolute Gasteiger partial charge is 0.321 e. The lowest BCUT2D eigenvalue weighted by atomic mass is 10.1. The number of fused-ring (bicyclic) bond motifs is 3. The summed E-state index contributed by atoms with van der Waals surface area (Å²) < 4.78 is 5.68. The summed E-state index contributed by atoms with van der Waals surface area (Å²) in [4.78, 5) is 18.2. The predicted molar refractivity (Wildman–Crippen MR) is 118 cm³/mol. The quantitative estimate of drug-likeness (QED) is 0.581. The lowest BCUT2D eigenvalue weighted by molar-refractivity contribution is 0.214. The molecule has 0 saturated carbocycles. The number of carbonyl (C=O) groups is 1. The Kier molecular flexibility index (Phi) is 5.74. The van der Waals surface area contributed by atoms with Gasteiger partial charge < -0.3 is 19.9 Å². The fourth-order valence-corrected chi connectivity index (χ4v) is 3.90. The molecule has 0 radical (unpaired) electrons. The number of unbranched alkanes of at least 4 members (excludes halogenated alkanes) is 1. The average Bonchev–Trinajstić information content (AvgIpc) is 2.92. The molecule has 0 saturated heterocycles. The number of nitrogens with one attached hydrogen (secondary N) is 2. The van der Waals surface area contributed by atoms with Crippen LogP contribution in [-0.2, 0) is 12.8 Å². The fraction of sp³-hybridized carbons (Fsp3) is 0.375. The Balaban J connectivity index is 1.38. The Hall–Kier alpha value is -2.95. The number of nitrogens with zero attached hydrogens (tertiary/aromatic N) is 1. The minimum Gasteiger partial charge on any atom is -0.494 e. The van der Waals surface area contributed by atoms with Gasteiger partial charge in [-0.3, -0.25) is 0 Å². The van der Waals surface area contributed by atoms with Crippen molar-refractivity contribution in [3.8, 4) is 5.75 Å². The third-order valence-corrected chi connectivity index (χ3v) is 5.57. The first-order valence-electron chi connectivity index (χ1n) is 10.5. The van der Waals surface area contributed by atoms with Crippen LogP contribution in [-0.4, -0.2) is 35.6 Å². The van der Waals surface area contributed by atoms with Crippen LogP contribution in [0.5, 0.6) is 5.75 Å². The van der Waals surface area contributed by atoms with Gasteiger partial charge in [-0.25, -0.2) is 4.79 Å². The molecule has 152 valence electrons. The zero-order chi connectivity index (χ0) is 20.2. The molecule has 0 spiro atoms. The number of urea groups is 1. The van der Waals surface area contributed by atoms with Crippen molar-refractivity contribution in [3.63, 3.8) is 0 Å². The minimum absolute atomic E-state index is 0.0460. The normalized spacial score (nSPS) is 13.8. The van der Waals surface area contributed by atoms with Gasteiger partial charge in [0.2, 0.25) is 0 Å². The van der Waals surface area contributed by atoms with Crippen LogP contribution >= 0.6 is 0 Å². The second-order valence-corrected chi connectivity index (χ2v) is 7.77. The van der Waals surface area contributed by atoms with Gasteiger partial charge in [0, 0.05) is 41.8 Å². The number of ether oxygens (including phenoxy) is 1. The number of aromatic nitrogens is 1. The first-order chi connectivity index (χ1) is 14.1. The van der Waals surface area contributed by atoms with E-state index in [1.807, 2.05) is 29.2 Å². The molecule has 1 aliphatic rings. The maximum atomic E-state index is 12.8. The van der Waals surface area contributed by atoms with Gasteiger partial charge in [-0.05, 0) is 61.7 Å². The number of aromatic amines is 1. The Labute approximate surface area is 172 Å². The molecule has 5 nitrogen and oxygen atoms in total. The van der Waals surface area contributed by atoms with E-state index in [9.17, 15) is 4.79 Å². The molecule has 2 N–H and O–H groups in total. The van der Waals surface area contributed by atoms with E-state index >= 15 is 0 Å². The summed E-state index contributed by atoms with van der Waals surface area (Å²) in [6, 6.07) is 14.1. The van der Waals surface area contributed by atoms with E-state index in [4.69, 9.17) is 4.74 Å². The van der Waals surface area contributed by atoms with Gasteiger partial charge in [0.15, 0.2) is 0 Å². The molecule has 0 bridgehead atoms. The molecule has 0 aliphatic carbocycles. The fourth-order valence-electron chi connectivity index (χ4n) is 3.90. The third-order valence-electron chi connectivity index (χ3n) is 5.57. The van der Waals surface area contributed by atoms with Gasteiger partial charge >= 0.3 is 6.03 Å². The maximum Gasteiger partial charge on any atom is 0.321 e. The molecular formula is C24H29N3O2. The van der Waals surface area contributed by atoms with Crippen LogP contribution in [0.2, 0.25) is 0 Å². The van der Waals surface area contributed by atoms with E-state index in [0.717, 1.165) is 50.3 Å². The van der Waals surface area contributed by atoms with E-state index in [0.29, 0.717) is 6.54 Å². The van der Waals surface area contributed by atoms with Gasteiger partial charge in [-0.2, -0.15) is 0 Å². The van der Waals surface area contributed by atoms with Gasteiger partial charge in [0.1, 0.15) is 5.75 Å². The largest absolute Gasteiger partial charge is 0.494 e. The van der Waals surface area contributed by atoms with Crippen molar-refractivity contribution < 1.29 is 9.53 Å². The van der Waals surface area contributed by atoms with E-state index in [1.165, 1.54) is 27.7 Å². The summed E-state index contributed by atoms with van der Waals surface area (Å²) in [5, 5.41) is 4.31. The van der Waals surface area contributed by atoms with Crippen LogP contribution in [0.4, 0.5) is 10.5 Å². The lowest BCUT2D eigenvalue weighted by Gasteiger charge is -2.21. The van der Waals surface area contributed by atoms with Crippen molar-refractivity contribution in [1.82, 2.24) is 9.88 Å². The SMILES string of the molecule is CCCCOc1ccc(NC(=O)N2CCc3[nH]c4ccc(C)cc4c3CC2)cc1. The van der Waals surface area contributed by atoms with Crippen LogP contribution in [0.25, 0.3) is 10.9 Å². The van der Waals surface area contributed by atoms with Crippen LogP contribution in [0.15, 0.2) is 42.5 Å². The number of anilines is 1. The monoisotopic (exact) mass is 391 g/mol. The molecule has 0 atom stereocenters. The van der Waals surface area contributed by atoms with Gasteiger partial charge in [-0.1, -0.05) is 25.0 Å². The zero-order valence-corrected chi connectivity index (χ0v) is 17.3. The Morgan fingerprint density at radius 2 is 1.93 bits per heavy atom. The first kappa shape index (κ1) is 19.4. The Bertz CT molecular complexity index is 991. The second-order valence-electron chi connectivity index (χ2n) is 7.77. The standard InChI is InChI=1S/C24H29N3O2/c1-3-4-15-29-19-8-6-18(7-9-19)25-24(28)27-13-11-20-21-16-17(2)5-10-22(21)26-23(20)12-14-27/h5-10,16,26H,3-4,11-15H2,1-2H3,(H,25,28).